The predicted molar refractivity (Wildman–Crippen MR) is 38.0 cm³/mol. The lowest BCUT2D eigenvalue weighted by Gasteiger charge is -1.94. The van der Waals surface area contributed by atoms with Crippen molar-refractivity contribution >= 4 is 11.6 Å². The Kier molecular flexibility index (Phi) is 2.09. The van der Waals surface area contributed by atoms with Gasteiger partial charge in [0, 0.05) is 17.8 Å². The summed E-state index contributed by atoms with van der Waals surface area (Å²) in [4.78, 5) is 13.3. The van der Waals surface area contributed by atoms with E-state index in [1.54, 1.807) is 0 Å². The number of H-pyrrole nitrogens is 1. The zero-order valence-corrected chi connectivity index (χ0v) is 5.85. The number of hydrogen-bond acceptors (Lipinski definition) is 2. The van der Waals surface area contributed by atoms with E-state index in [-0.39, 0.29) is 17.2 Å². The van der Waals surface area contributed by atoms with Gasteiger partial charge < -0.3 is 10.1 Å². The van der Waals surface area contributed by atoms with Gasteiger partial charge in [-0.1, -0.05) is 11.6 Å². The van der Waals surface area contributed by atoms with Crippen LogP contribution in [0, 0.1) is 0 Å². The van der Waals surface area contributed by atoms with Gasteiger partial charge in [0.1, 0.15) is 5.15 Å². The molecule has 0 unspecified atom stereocenters. The SMILES string of the molecule is O=c1cc(Cl)[nH]c(CO)c1. The van der Waals surface area contributed by atoms with Crippen molar-refractivity contribution in [3.8, 4) is 0 Å². The second-order valence-corrected chi connectivity index (χ2v) is 2.25. The van der Waals surface area contributed by atoms with Crippen molar-refractivity contribution in [2.75, 3.05) is 0 Å². The van der Waals surface area contributed by atoms with E-state index in [2.05, 4.69) is 4.98 Å². The van der Waals surface area contributed by atoms with Crippen molar-refractivity contribution in [3.63, 3.8) is 0 Å². The van der Waals surface area contributed by atoms with Crippen molar-refractivity contribution in [3.05, 3.63) is 33.2 Å². The standard InChI is InChI=1S/C6H6ClNO2/c7-6-2-5(10)1-4(3-9)8-6/h1-2,9H,3H2,(H,8,10). The average Bonchev–Trinajstić information content (AvgIpc) is 1.85. The molecule has 3 nitrogen and oxygen atoms in total. The third-order valence-electron chi connectivity index (χ3n) is 1.04. The van der Waals surface area contributed by atoms with Crippen LogP contribution in [0.1, 0.15) is 5.69 Å². The Bertz CT molecular complexity index is 281. The number of halogens is 1. The van der Waals surface area contributed by atoms with Gasteiger partial charge in [-0.3, -0.25) is 4.79 Å². The van der Waals surface area contributed by atoms with Gasteiger partial charge in [0.05, 0.1) is 6.61 Å². The van der Waals surface area contributed by atoms with Crippen LogP contribution in [0.25, 0.3) is 0 Å². The first-order valence-electron chi connectivity index (χ1n) is 2.72. The molecule has 1 heterocycles. The molecule has 54 valence electrons. The van der Waals surface area contributed by atoms with Gasteiger partial charge in [0.2, 0.25) is 0 Å². The molecule has 0 fully saturated rings. The molecule has 1 aromatic heterocycles. The minimum absolute atomic E-state index is 0.199. The first-order valence-corrected chi connectivity index (χ1v) is 3.10. The number of aromatic amines is 1. The molecule has 0 spiro atoms. The van der Waals surface area contributed by atoms with Crippen molar-refractivity contribution in [1.29, 1.82) is 0 Å². The largest absolute Gasteiger partial charge is 0.390 e. The lowest BCUT2D eigenvalue weighted by atomic mass is 10.4. The van der Waals surface area contributed by atoms with E-state index in [1.165, 1.54) is 12.1 Å². The van der Waals surface area contributed by atoms with E-state index in [0.29, 0.717) is 5.69 Å². The lowest BCUT2D eigenvalue weighted by Crippen LogP contribution is -2.02. The first-order chi connectivity index (χ1) is 4.72. The van der Waals surface area contributed by atoms with Gasteiger partial charge >= 0.3 is 0 Å². The molecule has 0 saturated heterocycles. The van der Waals surface area contributed by atoms with Crippen LogP contribution in [-0.2, 0) is 6.61 Å². The zero-order chi connectivity index (χ0) is 7.56. The Morgan fingerprint density at radius 3 is 2.80 bits per heavy atom. The highest BCUT2D eigenvalue weighted by Gasteiger charge is 1.93. The van der Waals surface area contributed by atoms with E-state index in [9.17, 15) is 4.79 Å². The fourth-order valence-electron chi connectivity index (χ4n) is 0.649. The summed E-state index contributed by atoms with van der Waals surface area (Å²) in [7, 11) is 0. The van der Waals surface area contributed by atoms with E-state index in [1.807, 2.05) is 0 Å². The number of rotatable bonds is 1. The molecular formula is C6H6ClNO2. The highest BCUT2D eigenvalue weighted by molar-refractivity contribution is 6.29. The summed E-state index contributed by atoms with van der Waals surface area (Å²) >= 11 is 5.46. The minimum Gasteiger partial charge on any atom is -0.390 e. The fraction of sp³-hybridized carbons (Fsp3) is 0.167. The third-order valence-corrected chi connectivity index (χ3v) is 1.24. The molecule has 0 radical (unpaired) electrons. The van der Waals surface area contributed by atoms with Gasteiger partial charge in [0.25, 0.3) is 0 Å². The third kappa shape index (κ3) is 1.59. The van der Waals surface area contributed by atoms with Gasteiger partial charge in [-0.15, -0.1) is 0 Å². The summed E-state index contributed by atoms with van der Waals surface area (Å²) in [5, 5.41) is 8.80. The summed E-state index contributed by atoms with van der Waals surface area (Å²) in [5.74, 6) is 0. The van der Waals surface area contributed by atoms with Gasteiger partial charge in [0.15, 0.2) is 5.43 Å². The zero-order valence-electron chi connectivity index (χ0n) is 5.10. The van der Waals surface area contributed by atoms with Crippen LogP contribution in [0.2, 0.25) is 5.15 Å². The number of hydrogen-bond donors (Lipinski definition) is 2. The summed E-state index contributed by atoms with van der Waals surface area (Å²) in [6.45, 7) is -0.199. The van der Waals surface area contributed by atoms with Crippen molar-refractivity contribution in [2.24, 2.45) is 0 Å². The van der Waals surface area contributed by atoms with Crippen molar-refractivity contribution < 1.29 is 5.11 Å². The van der Waals surface area contributed by atoms with Crippen LogP contribution >= 0.6 is 11.6 Å². The lowest BCUT2D eigenvalue weighted by molar-refractivity contribution is 0.277. The van der Waals surface area contributed by atoms with Crippen molar-refractivity contribution in [2.45, 2.75) is 6.61 Å². The van der Waals surface area contributed by atoms with Crippen LogP contribution in [-0.4, -0.2) is 10.1 Å². The number of pyridine rings is 1. The van der Waals surface area contributed by atoms with E-state index in [4.69, 9.17) is 16.7 Å². The summed E-state index contributed by atoms with van der Waals surface area (Å²) in [6.07, 6.45) is 0. The van der Waals surface area contributed by atoms with Gasteiger partial charge in [-0.2, -0.15) is 0 Å². The molecular weight excluding hydrogens is 154 g/mol. The Hall–Kier alpha value is -0.800. The first kappa shape index (κ1) is 7.31. The second-order valence-electron chi connectivity index (χ2n) is 1.85. The summed E-state index contributed by atoms with van der Waals surface area (Å²) in [5.41, 5.74) is 0.227. The molecule has 0 aliphatic heterocycles. The smallest absolute Gasteiger partial charge is 0.183 e. The maximum absolute atomic E-state index is 10.7. The maximum atomic E-state index is 10.7. The molecule has 1 aromatic rings. The molecule has 2 N–H and O–H groups in total. The van der Waals surface area contributed by atoms with E-state index < -0.39 is 0 Å². The Morgan fingerprint density at radius 2 is 2.30 bits per heavy atom. The quantitative estimate of drug-likeness (QED) is 0.587. The molecule has 0 aliphatic rings. The fourth-order valence-corrected chi connectivity index (χ4v) is 0.878. The van der Waals surface area contributed by atoms with Crippen LogP contribution in [0.15, 0.2) is 16.9 Å². The van der Waals surface area contributed by atoms with Crippen LogP contribution < -0.4 is 5.43 Å². The van der Waals surface area contributed by atoms with E-state index in [0.717, 1.165) is 0 Å². The number of aliphatic hydroxyl groups excluding tert-OH is 1. The number of aliphatic hydroxyl groups is 1. The number of nitrogens with one attached hydrogen (secondary N) is 1. The molecule has 0 amide bonds. The molecule has 1 rings (SSSR count). The maximum Gasteiger partial charge on any atom is 0.183 e. The highest BCUT2D eigenvalue weighted by Crippen LogP contribution is 2.00. The summed E-state index contributed by atoms with van der Waals surface area (Å²) in [6, 6.07) is 2.55. The molecule has 0 saturated carbocycles. The Morgan fingerprint density at radius 1 is 1.60 bits per heavy atom. The summed E-state index contributed by atoms with van der Waals surface area (Å²) < 4.78 is 0. The number of aromatic nitrogens is 1. The molecule has 0 atom stereocenters. The topological polar surface area (TPSA) is 53.1 Å². The molecule has 0 aromatic carbocycles. The normalized spacial score (nSPS) is 9.80. The molecule has 4 heteroatoms. The Labute approximate surface area is 62.3 Å². The highest BCUT2D eigenvalue weighted by atomic mass is 35.5. The van der Waals surface area contributed by atoms with E-state index >= 15 is 0 Å². The molecule has 0 aliphatic carbocycles. The second kappa shape index (κ2) is 2.86. The molecule has 10 heavy (non-hydrogen) atoms. The minimum atomic E-state index is -0.201. The van der Waals surface area contributed by atoms with Crippen LogP contribution in [0.3, 0.4) is 0 Å². The van der Waals surface area contributed by atoms with Crippen molar-refractivity contribution in [1.82, 2.24) is 4.98 Å². The van der Waals surface area contributed by atoms with Crippen LogP contribution in [0.4, 0.5) is 0 Å². The van der Waals surface area contributed by atoms with Crippen LogP contribution in [0.5, 0.6) is 0 Å². The van der Waals surface area contributed by atoms with Gasteiger partial charge in [-0.25, -0.2) is 0 Å². The molecule has 0 bridgehead atoms. The monoisotopic (exact) mass is 159 g/mol. The predicted octanol–water partition coefficient (Wildman–Crippen LogP) is 0.521. The Balaban J connectivity index is 3.19. The average molecular weight is 160 g/mol. The van der Waals surface area contributed by atoms with Gasteiger partial charge in [-0.05, 0) is 0 Å².